The monoisotopic (exact) mass is 346 g/mol. The highest BCUT2D eigenvalue weighted by Gasteiger charge is 2.49. The molecule has 0 aliphatic rings. The molecular formula is C15H26O7Si. The first kappa shape index (κ1) is 21.5. The SMILES string of the molecule is CCC(OC(=O)/C(C)=C/C=C(\C)C(=O)OC)[Si](OC)(OC)OC. The van der Waals surface area contributed by atoms with Crippen LogP contribution >= 0.6 is 0 Å². The van der Waals surface area contributed by atoms with Crippen LogP contribution in [-0.2, 0) is 32.3 Å². The highest BCUT2D eigenvalue weighted by atomic mass is 28.4. The van der Waals surface area contributed by atoms with Gasteiger partial charge >= 0.3 is 20.7 Å². The first-order valence-electron chi connectivity index (χ1n) is 7.11. The lowest BCUT2D eigenvalue weighted by Gasteiger charge is -2.31. The smallest absolute Gasteiger partial charge is 0.466 e. The molecule has 7 nitrogen and oxygen atoms in total. The molecule has 0 N–H and O–H groups in total. The molecule has 0 saturated carbocycles. The van der Waals surface area contributed by atoms with E-state index in [4.69, 9.17) is 18.0 Å². The third-order valence-corrected chi connectivity index (χ3v) is 6.30. The second kappa shape index (κ2) is 10.3. The van der Waals surface area contributed by atoms with Gasteiger partial charge in [-0.15, -0.1) is 0 Å². The molecule has 0 fully saturated rings. The summed E-state index contributed by atoms with van der Waals surface area (Å²) in [5.41, 5.74) is 0.0861. The summed E-state index contributed by atoms with van der Waals surface area (Å²) in [7, 11) is 2.59. The zero-order valence-corrected chi connectivity index (χ0v) is 15.8. The number of ether oxygens (including phenoxy) is 2. The summed E-state index contributed by atoms with van der Waals surface area (Å²) in [5.74, 6) is -0.993. The quantitative estimate of drug-likeness (QED) is 0.272. The molecule has 0 saturated heterocycles. The molecule has 8 heteroatoms. The summed E-state index contributed by atoms with van der Waals surface area (Å²) in [6.07, 6.45) is 3.48. The molecule has 0 aromatic heterocycles. The molecular weight excluding hydrogens is 320 g/mol. The van der Waals surface area contributed by atoms with E-state index in [0.717, 1.165) is 0 Å². The third kappa shape index (κ3) is 5.90. The summed E-state index contributed by atoms with van der Waals surface area (Å²) in [6.45, 7) is 5.03. The Bertz CT molecular complexity index is 458. The van der Waals surface area contributed by atoms with Gasteiger partial charge in [-0.25, -0.2) is 9.59 Å². The van der Waals surface area contributed by atoms with Crippen molar-refractivity contribution < 1.29 is 32.3 Å². The second-order valence-corrected chi connectivity index (χ2v) is 7.78. The highest BCUT2D eigenvalue weighted by molar-refractivity contribution is 6.62. The van der Waals surface area contributed by atoms with E-state index < -0.39 is 26.5 Å². The van der Waals surface area contributed by atoms with Gasteiger partial charge in [0.1, 0.15) is 0 Å². The molecule has 1 unspecified atom stereocenters. The normalized spacial score (nSPS) is 14.4. The number of methoxy groups -OCH3 is 1. The number of esters is 2. The Balaban J connectivity index is 5.12. The highest BCUT2D eigenvalue weighted by Crippen LogP contribution is 2.19. The van der Waals surface area contributed by atoms with Crippen LogP contribution in [0.3, 0.4) is 0 Å². The van der Waals surface area contributed by atoms with Crippen LogP contribution < -0.4 is 0 Å². The first-order valence-corrected chi connectivity index (χ1v) is 8.91. The van der Waals surface area contributed by atoms with Gasteiger partial charge < -0.3 is 22.8 Å². The van der Waals surface area contributed by atoms with E-state index >= 15 is 0 Å². The van der Waals surface area contributed by atoms with Crippen LogP contribution in [0.4, 0.5) is 0 Å². The van der Waals surface area contributed by atoms with E-state index in [1.165, 1.54) is 40.6 Å². The lowest BCUT2D eigenvalue weighted by molar-refractivity contribution is -0.144. The molecule has 0 rings (SSSR count). The zero-order chi connectivity index (χ0) is 18.0. The average Bonchev–Trinajstić information content (AvgIpc) is 2.58. The van der Waals surface area contributed by atoms with Crippen LogP contribution in [0.15, 0.2) is 23.3 Å². The van der Waals surface area contributed by atoms with Crippen molar-refractivity contribution in [1.29, 1.82) is 0 Å². The van der Waals surface area contributed by atoms with Crippen LogP contribution in [0.25, 0.3) is 0 Å². The lowest BCUT2D eigenvalue weighted by atomic mass is 10.2. The molecule has 0 aliphatic heterocycles. The van der Waals surface area contributed by atoms with E-state index in [0.29, 0.717) is 17.6 Å². The Morgan fingerprint density at radius 1 is 0.913 bits per heavy atom. The van der Waals surface area contributed by atoms with E-state index in [2.05, 4.69) is 4.74 Å². The summed E-state index contributed by atoms with van der Waals surface area (Å²) in [5, 5.41) is 0. The molecule has 0 spiro atoms. The van der Waals surface area contributed by atoms with Gasteiger partial charge in [0.05, 0.1) is 7.11 Å². The minimum absolute atomic E-state index is 0.331. The summed E-state index contributed by atoms with van der Waals surface area (Å²) in [4.78, 5) is 23.5. The standard InChI is InChI=1S/C15H26O7Si/c1-8-13(23(19-5,20-6)21-7)22-15(17)12(3)10-9-11(2)14(16)18-4/h9-10,13H,8H2,1-7H3/b11-9+,12-10+. The Hall–Kier alpha value is -1.48. The number of hydrogen-bond donors (Lipinski definition) is 0. The van der Waals surface area contributed by atoms with Crippen LogP contribution in [0.5, 0.6) is 0 Å². The molecule has 0 aromatic rings. The van der Waals surface area contributed by atoms with Crippen molar-refractivity contribution in [2.24, 2.45) is 0 Å². The predicted octanol–water partition coefficient (Wildman–Crippen LogP) is 1.79. The van der Waals surface area contributed by atoms with Crippen LogP contribution in [0.2, 0.25) is 0 Å². The summed E-state index contributed by atoms with van der Waals surface area (Å²) < 4.78 is 26.0. The zero-order valence-electron chi connectivity index (χ0n) is 14.8. The van der Waals surface area contributed by atoms with E-state index in [1.54, 1.807) is 13.8 Å². The van der Waals surface area contributed by atoms with E-state index in [1.807, 2.05) is 6.92 Å². The van der Waals surface area contributed by atoms with Gasteiger partial charge in [0.15, 0.2) is 5.73 Å². The van der Waals surface area contributed by atoms with Crippen LogP contribution in [0.1, 0.15) is 27.2 Å². The average molecular weight is 346 g/mol. The van der Waals surface area contributed by atoms with Crippen molar-refractivity contribution in [2.45, 2.75) is 32.9 Å². The van der Waals surface area contributed by atoms with Crippen molar-refractivity contribution in [1.82, 2.24) is 0 Å². The van der Waals surface area contributed by atoms with Crippen molar-refractivity contribution in [2.75, 3.05) is 28.4 Å². The second-order valence-electron chi connectivity index (χ2n) is 4.71. The van der Waals surface area contributed by atoms with Gasteiger partial charge in [-0.3, -0.25) is 0 Å². The molecule has 0 amide bonds. The number of carbonyl (C=O) groups excluding carboxylic acids is 2. The Labute approximate surface area is 138 Å². The molecule has 0 radical (unpaired) electrons. The molecule has 1 atom stereocenters. The number of allylic oxidation sites excluding steroid dienone is 2. The summed E-state index contributed by atoms with van der Waals surface area (Å²) >= 11 is 0. The van der Waals surface area contributed by atoms with Gasteiger partial charge in [0.25, 0.3) is 0 Å². The van der Waals surface area contributed by atoms with E-state index in [9.17, 15) is 9.59 Å². The fourth-order valence-corrected chi connectivity index (χ4v) is 3.86. The van der Waals surface area contributed by atoms with Crippen LogP contribution in [0, 0.1) is 0 Å². The van der Waals surface area contributed by atoms with E-state index in [-0.39, 0.29) is 0 Å². The summed E-state index contributed by atoms with van der Waals surface area (Å²) in [6, 6.07) is 0. The largest absolute Gasteiger partial charge is 0.543 e. The predicted molar refractivity (Wildman–Crippen MR) is 86.5 cm³/mol. The molecule has 0 aromatic carbocycles. The minimum Gasteiger partial charge on any atom is -0.466 e. The maximum Gasteiger partial charge on any atom is 0.543 e. The fourth-order valence-electron chi connectivity index (χ4n) is 1.82. The van der Waals surface area contributed by atoms with Crippen molar-refractivity contribution in [3.05, 3.63) is 23.3 Å². The molecule has 23 heavy (non-hydrogen) atoms. The molecule has 0 heterocycles. The molecule has 0 bridgehead atoms. The number of hydrogen-bond acceptors (Lipinski definition) is 7. The molecule has 132 valence electrons. The van der Waals surface area contributed by atoms with Gasteiger partial charge in [-0.05, 0) is 20.3 Å². The third-order valence-electron chi connectivity index (χ3n) is 3.28. The number of rotatable bonds is 9. The minimum atomic E-state index is -3.08. The van der Waals surface area contributed by atoms with Crippen molar-refractivity contribution >= 4 is 20.7 Å². The first-order chi connectivity index (χ1) is 10.8. The Kier molecular flexibility index (Phi) is 9.66. The van der Waals surface area contributed by atoms with Crippen molar-refractivity contribution in [3.8, 4) is 0 Å². The lowest BCUT2D eigenvalue weighted by Crippen LogP contribution is -2.56. The van der Waals surface area contributed by atoms with Gasteiger partial charge in [-0.2, -0.15) is 0 Å². The fraction of sp³-hybridized carbons (Fsp3) is 0.600. The maximum absolute atomic E-state index is 12.2. The van der Waals surface area contributed by atoms with Gasteiger partial charge in [0.2, 0.25) is 0 Å². The maximum atomic E-state index is 12.2. The van der Waals surface area contributed by atoms with Crippen LogP contribution in [-0.4, -0.2) is 54.9 Å². The van der Waals surface area contributed by atoms with Gasteiger partial charge in [-0.1, -0.05) is 19.1 Å². The Morgan fingerprint density at radius 3 is 1.70 bits per heavy atom. The topological polar surface area (TPSA) is 80.3 Å². The molecule has 0 aliphatic carbocycles. The van der Waals surface area contributed by atoms with Crippen molar-refractivity contribution in [3.63, 3.8) is 0 Å². The Morgan fingerprint density at radius 2 is 1.35 bits per heavy atom. The van der Waals surface area contributed by atoms with Gasteiger partial charge in [0, 0.05) is 32.5 Å². The number of carbonyl (C=O) groups is 2.